The minimum absolute atomic E-state index is 0.00946. The van der Waals surface area contributed by atoms with Crippen molar-refractivity contribution in [2.45, 2.75) is 38.9 Å². The summed E-state index contributed by atoms with van der Waals surface area (Å²) in [4.78, 5) is 19.0. The zero-order valence-electron chi connectivity index (χ0n) is 17.2. The number of ether oxygens (including phenoxy) is 1. The molecule has 1 aromatic carbocycles. The van der Waals surface area contributed by atoms with Gasteiger partial charge in [-0.2, -0.15) is 0 Å². The van der Waals surface area contributed by atoms with Gasteiger partial charge in [0, 0.05) is 32.4 Å². The van der Waals surface area contributed by atoms with Crippen molar-refractivity contribution in [3.05, 3.63) is 59.4 Å². The smallest absolute Gasteiger partial charge is 0.272 e. The van der Waals surface area contributed by atoms with E-state index in [-0.39, 0.29) is 5.91 Å². The van der Waals surface area contributed by atoms with Crippen molar-refractivity contribution in [3.63, 3.8) is 0 Å². The maximum absolute atomic E-state index is 12.8. The van der Waals surface area contributed by atoms with E-state index in [1.165, 1.54) is 12.5 Å². The molecule has 1 aliphatic rings. The number of piperidine rings is 1. The van der Waals surface area contributed by atoms with Crippen LogP contribution in [0.15, 0.2) is 42.6 Å². The summed E-state index contributed by atoms with van der Waals surface area (Å²) in [6.45, 7) is 3.91. The highest BCUT2D eigenvalue weighted by Crippen LogP contribution is 2.23. The molecule has 3 rings (SSSR count). The van der Waals surface area contributed by atoms with Crippen LogP contribution in [0.1, 0.15) is 41.4 Å². The zero-order chi connectivity index (χ0) is 20.6. The first-order valence-electron chi connectivity index (χ1n) is 10.3. The van der Waals surface area contributed by atoms with E-state index in [0.717, 1.165) is 43.7 Å². The molecule has 6 heteroatoms. The van der Waals surface area contributed by atoms with Crippen LogP contribution < -0.4 is 10.1 Å². The van der Waals surface area contributed by atoms with Crippen LogP contribution in [-0.2, 0) is 13.0 Å². The summed E-state index contributed by atoms with van der Waals surface area (Å²) in [6.07, 6.45) is 3.85. The fourth-order valence-corrected chi connectivity index (χ4v) is 3.67. The number of carbonyl (C=O) groups excluding carboxylic acids is 1. The maximum atomic E-state index is 12.8. The van der Waals surface area contributed by atoms with Gasteiger partial charge in [0.2, 0.25) is 0 Å². The van der Waals surface area contributed by atoms with Crippen molar-refractivity contribution in [1.82, 2.24) is 15.2 Å². The van der Waals surface area contributed by atoms with Crippen molar-refractivity contribution in [3.8, 4) is 5.75 Å². The number of amides is 1. The van der Waals surface area contributed by atoms with E-state index in [9.17, 15) is 9.18 Å². The normalized spacial score (nSPS) is 15.9. The van der Waals surface area contributed by atoms with Crippen molar-refractivity contribution >= 4 is 5.91 Å². The van der Waals surface area contributed by atoms with Crippen LogP contribution in [0.5, 0.6) is 5.75 Å². The number of alkyl halides is 1. The Labute approximate surface area is 172 Å². The first-order chi connectivity index (χ1) is 14.0. The monoisotopic (exact) mass is 399 g/mol. The SMILES string of the molecule is COc1ccc(CC2CCN(C(=O)c3ccc(CNCC(C)F)cn3)CC2)cc1. The Bertz CT molecular complexity index is 770. The van der Waals surface area contributed by atoms with Crippen LogP contribution in [0.4, 0.5) is 4.39 Å². The van der Waals surface area contributed by atoms with Gasteiger partial charge in [-0.05, 0) is 61.4 Å². The highest BCUT2D eigenvalue weighted by atomic mass is 19.1. The zero-order valence-corrected chi connectivity index (χ0v) is 17.2. The van der Waals surface area contributed by atoms with E-state index in [2.05, 4.69) is 22.4 Å². The number of hydrogen-bond donors (Lipinski definition) is 1. The molecule has 1 fully saturated rings. The van der Waals surface area contributed by atoms with Gasteiger partial charge < -0.3 is 15.0 Å². The Balaban J connectivity index is 1.46. The number of rotatable bonds is 8. The number of halogens is 1. The molecule has 1 aliphatic heterocycles. The van der Waals surface area contributed by atoms with E-state index in [4.69, 9.17) is 4.74 Å². The van der Waals surface area contributed by atoms with Crippen molar-refractivity contribution < 1.29 is 13.9 Å². The van der Waals surface area contributed by atoms with Crippen molar-refractivity contribution in [1.29, 1.82) is 0 Å². The second kappa shape index (κ2) is 10.3. The van der Waals surface area contributed by atoms with Gasteiger partial charge in [0.25, 0.3) is 5.91 Å². The molecule has 1 atom stereocenters. The molecule has 0 spiro atoms. The average molecular weight is 400 g/mol. The molecule has 1 N–H and O–H groups in total. The Kier molecular flexibility index (Phi) is 7.58. The molecule has 29 heavy (non-hydrogen) atoms. The summed E-state index contributed by atoms with van der Waals surface area (Å²) in [5.41, 5.74) is 2.73. The Morgan fingerprint density at radius 2 is 1.90 bits per heavy atom. The molecule has 2 aromatic rings. The number of aromatic nitrogens is 1. The molecule has 1 amide bonds. The quantitative estimate of drug-likeness (QED) is 0.737. The molecule has 0 aliphatic carbocycles. The van der Waals surface area contributed by atoms with Crippen LogP contribution >= 0.6 is 0 Å². The van der Waals surface area contributed by atoms with Gasteiger partial charge in [0.15, 0.2) is 0 Å². The third-order valence-electron chi connectivity index (χ3n) is 5.38. The molecular weight excluding hydrogens is 369 g/mol. The lowest BCUT2D eigenvalue weighted by atomic mass is 9.90. The van der Waals surface area contributed by atoms with E-state index in [1.54, 1.807) is 19.4 Å². The Morgan fingerprint density at radius 3 is 2.48 bits per heavy atom. The molecule has 1 unspecified atom stereocenters. The van der Waals surface area contributed by atoms with Gasteiger partial charge in [0.1, 0.15) is 17.6 Å². The van der Waals surface area contributed by atoms with Gasteiger partial charge in [-0.1, -0.05) is 18.2 Å². The minimum atomic E-state index is -0.878. The third-order valence-corrected chi connectivity index (χ3v) is 5.38. The van der Waals surface area contributed by atoms with Crippen LogP contribution in [0.3, 0.4) is 0 Å². The Hall–Kier alpha value is -2.47. The number of hydrogen-bond acceptors (Lipinski definition) is 4. The number of nitrogens with one attached hydrogen (secondary N) is 1. The predicted molar refractivity (Wildman–Crippen MR) is 112 cm³/mol. The number of methoxy groups -OCH3 is 1. The number of carbonyl (C=O) groups is 1. The Morgan fingerprint density at radius 1 is 1.21 bits per heavy atom. The minimum Gasteiger partial charge on any atom is -0.497 e. The lowest BCUT2D eigenvalue weighted by Gasteiger charge is -2.32. The largest absolute Gasteiger partial charge is 0.497 e. The van der Waals surface area contributed by atoms with Crippen molar-refractivity contribution in [2.24, 2.45) is 5.92 Å². The summed E-state index contributed by atoms with van der Waals surface area (Å²) in [7, 11) is 1.67. The summed E-state index contributed by atoms with van der Waals surface area (Å²) in [5.74, 6) is 1.46. The average Bonchev–Trinajstić information content (AvgIpc) is 2.74. The second-order valence-corrected chi connectivity index (χ2v) is 7.75. The van der Waals surface area contributed by atoms with Crippen LogP contribution in [0.25, 0.3) is 0 Å². The van der Waals surface area contributed by atoms with Gasteiger partial charge in [-0.3, -0.25) is 9.78 Å². The number of pyridine rings is 1. The topological polar surface area (TPSA) is 54.5 Å². The molecule has 1 saturated heterocycles. The highest BCUT2D eigenvalue weighted by Gasteiger charge is 2.24. The molecule has 156 valence electrons. The van der Waals surface area contributed by atoms with E-state index < -0.39 is 6.17 Å². The van der Waals surface area contributed by atoms with Crippen molar-refractivity contribution in [2.75, 3.05) is 26.7 Å². The summed E-state index contributed by atoms with van der Waals surface area (Å²) >= 11 is 0. The highest BCUT2D eigenvalue weighted by molar-refractivity contribution is 5.92. The number of benzene rings is 1. The van der Waals surface area contributed by atoms with E-state index in [1.807, 2.05) is 23.1 Å². The van der Waals surface area contributed by atoms with E-state index in [0.29, 0.717) is 24.7 Å². The fourth-order valence-electron chi connectivity index (χ4n) is 3.67. The molecule has 1 aromatic heterocycles. The second-order valence-electron chi connectivity index (χ2n) is 7.75. The summed E-state index contributed by atoms with van der Waals surface area (Å²) in [5, 5.41) is 3.03. The first kappa shape index (κ1) is 21.2. The van der Waals surface area contributed by atoms with Gasteiger partial charge in [-0.25, -0.2) is 4.39 Å². The predicted octanol–water partition coefficient (Wildman–Crippen LogP) is 3.63. The van der Waals surface area contributed by atoms with Crippen LogP contribution in [0.2, 0.25) is 0 Å². The lowest BCUT2D eigenvalue weighted by molar-refractivity contribution is 0.0684. The molecule has 2 heterocycles. The number of nitrogens with zero attached hydrogens (tertiary/aromatic N) is 2. The molecular formula is C23H30FN3O2. The van der Waals surface area contributed by atoms with Crippen LogP contribution in [0, 0.1) is 5.92 Å². The van der Waals surface area contributed by atoms with Gasteiger partial charge >= 0.3 is 0 Å². The van der Waals surface area contributed by atoms with E-state index >= 15 is 0 Å². The molecule has 0 saturated carbocycles. The lowest BCUT2D eigenvalue weighted by Crippen LogP contribution is -2.39. The third kappa shape index (κ3) is 6.26. The standard InChI is InChI=1S/C23H30FN3O2/c1-17(24)14-25-15-20-5-8-22(26-16-20)23(28)27-11-9-19(10-12-27)13-18-3-6-21(29-2)7-4-18/h3-8,16-17,19,25H,9-15H2,1-2H3. The maximum Gasteiger partial charge on any atom is 0.272 e. The van der Waals surface area contributed by atoms with Crippen LogP contribution in [-0.4, -0.2) is 48.7 Å². The first-order valence-corrected chi connectivity index (χ1v) is 10.3. The fraction of sp³-hybridized carbons (Fsp3) is 0.478. The summed E-state index contributed by atoms with van der Waals surface area (Å²) < 4.78 is 18.0. The van der Waals surface area contributed by atoms with Gasteiger partial charge in [-0.15, -0.1) is 0 Å². The molecule has 5 nitrogen and oxygen atoms in total. The molecule has 0 radical (unpaired) electrons. The molecule has 0 bridgehead atoms. The van der Waals surface area contributed by atoms with Gasteiger partial charge in [0.05, 0.1) is 7.11 Å². The summed E-state index contributed by atoms with van der Waals surface area (Å²) in [6, 6.07) is 11.9. The number of likely N-dealkylation sites (tertiary alicyclic amines) is 1.